The molecule has 7 nitrogen and oxygen atoms in total. The molecule has 0 heterocycles. The van der Waals surface area contributed by atoms with Gasteiger partial charge in [0.1, 0.15) is 11.5 Å². The predicted molar refractivity (Wildman–Crippen MR) is 130 cm³/mol. The summed E-state index contributed by atoms with van der Waals surface area (Å²) in [6.07, 6.45) is 0. The molecule has 0 saturated carbocycles. The topological polar surface area (TPSA) is 84.9 Å². The highest BCUT2D eigenvalue weighted by atomic mass is 32.2. The van der Waals surface area contributed by atoms with E-state index in [0.717, 1.165) is 11.1 Å². The first-order valence-electron chi connectivity index (χ1n) is 10.5. The van der Waals surface area contributed by atoms with Crippen LogP contribution in [0.25, 0.3) is 0 Å². The molecular formula is C25H28N2O5S. The molecule has 0 bridgehead atoms. The van der Waals surface area contributed by atoms with Crippen LogP contribution in [0, 0.1) is 13.8 Å². The molecule has 33 heavy (non-hydrogen) atoms. The summed E-state index contributed by atoms with van der Waals surface area (Å²) in [5.74, 6) is 0.682. The smallest absolute Gasteiger partial charge is 0.264 e. The fourth-order valence-corrected chi connectivity index (χ4v) is 4.77. The van der Waals surface area contributed by atoms with Gasteiger partial charge in [-0.1, -0.05) is 23.8 Å². The zero-order valence-corrected chi connectivity index (χ0v) is 20.0. The lowest BCUT2D eigenvalue weighted by Crippen LogP contribution is -2.30. The molecule has 0 aliphatic rings. The van der Waals surface area contributed by atoms with Crippen LogP contribution in [-0.2, 0) is 14.8 Å². The average molecular weight is 469 g/mol. The van der Waals surface area contributed by atoms with Crippen molar-refractivity contribution in [2.45, 2.75) is 25.7 Å². The van der Waals surface area contributed by atoms with Gasteiger partial charge in [0.2, 0.25) is 0 Å². The van der Waals surface area contributed by atoms with Gasteiger partial charge in [-0.05, 0) is 74.9 Å². The third-order valence-electron chi connectivity index (χ3n) is 5.02. The normalized spacial score (nSPS) is 11.0. The van der Waals surface area contributed by atoms with E-state index in [1.54, 1.807) is 61.5 Å². The van der Waals surface area contributed by atoms with Gasteiger partial charge in [-0.2, -0.15) is 0 Å². The Labute approximate surface area is 195 Å². The van der Waals surface area contributed by atoms with Crippen LogP contribution >= 0.6 is 0 Å². The number of amides is 1. The molecule has 1 N–H and O–H groups in total. The number of rotatable bonds is 9. The van der Waals surface area contributed by atoms with Gasteiger partial charge in [0.25, 0.3) is 15.9 Å². The minimum absolute atomic E-state index is 0.199. The first-order valence-corrected chi connectivity index (χ1v) is 12.0. The zero-order valence-electron chi connectivity index (χ0n) is 19.2. The number of hydrogen-bond acceptors (Lipinski definition) is 5. The molecule has 174 valence electrons. The van der Waals surface area contributed by atoms with E-state index in [4.69, 9.17) is 9.47 Å². The molecule has 0 unspecified atom stereocenters. The Morgan fingerprint density at radius 1 is 0.939 bits per heavy atom. The van der Waals surface area contributed by atoms with Gasteiger partial charge < -0.3 is 14.8 Å². The van der Waals surface area contributed by atoms with Gasteiger partial charge in [-0.3, -0.25) is 9.10 Å². The minimum Gasteiger partial charge on any atom is -0.495 e. The molecule has 0 radical (unpaired) electrons. The van der Waals surface area contributed by atoms with Gasteiger partial charge in [-0.25, -0.2) is 8.42 Å². The van der Waals surface area contributed by atoms with Gasteiger partial charge in [-0.15, -0.1) is 0 Å². The molecular weight excluding hydrogens is 440 g/mol. The molecule has 0 aromatic heterocycles. The fourth-order valence-electron chi connectivity index (χ4n) is 3.29. The summed E-state index contributed by atoms with van der Waals surface area (Å²) in [6.45, 7) is 5.68. The van der Waals surface area contributed by atoms with Crippen LogP contribution in [0.4, 0.5) is 11.4 Å². The number of anilines is 2. The Hall–Kier alpha value is -3.52. The lowest BCUT2D eigenvalue weighted by atomic mass is 10.2. The SMILES string of the molecule is CCN(c1ccc(OCC(=O)Nc2cc(C)ccc2OC)cc1)S(=O)(=O)c1ccc(C)cc1. The molecule has 0 fully saturated rings. The Balaban J connectivity index is 1.66. The van der Waals surface area contributed by atoms with Crippen LogP contribution in [0.1, 0.15) is 18.1 Å². The third kappa shape index (κ3) is 5.84. The average Bonchev–Trinajstić information content (AvgIpc) is 2.79. The Morgan fingerprint density at radius 3 is 2.18 bits per heavy atom. The van der Waals surface area contributed by atoms with Crippen molar-refractivity contribution in [3.8, 4) is 11.5 Å². The van der Waals surface area contributed by atoms with E-state index < -0.39 is 10.0 Å². The monoisotopic (exact) mass is 468 g/mol. The number of nitrogens with one attached hydrogen (secondary N) is 1. The van der Waals surface area contributed by atoms with E-state index in [-0.39, 0.29) is 24.0 Å². The van der Waals surface area contributed by atoms with E-state index in [2.05, 4.69) is 5.32 Å². The van der Waals surface area contributed by atoms with Crippen LogP contribution in [0.5, 0.6) is 11.5 Å². The second-order valence-electron chi connectivity index (χ2n) is 7.52. The first-order chi connectivity index (χ1) is 15.7. The van der Waals surface area contributed by atoms with E-state index in [9.17, 15) is 13.2 Å². The van der Waals surface area contributed by atoms with E-state index in [1.807, 2.05) is 26.0 Å². The highest BCUT2D eigenvalue weighted by Gasteiger charge is 2.23. The molecule has 3 aromatic rings. The Morgan fingerprint density at radius 2 is 1.58 bits per heavy atom. The van der Waals surface area contributed by atoms with Gasteiger partial charge in [0.05, 0.1) is 23.4 Å². The van der Waals surface area contributed by atoms with Crippen LogP contribution in [0.15, 0.2) is 71.6 Å². The maximum Gasteiger partial charge on any atom is 0.264 e. The summed E-state index contributed by atoms with van der Waals surface area (Å²) in [7, 11) is -2.15. The molecule has 0 aliphatic heterocycles. The second-order valence-corrected chi connectivity index (χ2v) is 9.38. The predicted octanol–water partition coefficient (Wildman–Crippen LogP) is 4.54. The largest absolute Gasteiger partial charge is 0.495 e. The van der Waals surface area contributed by atoms with Crippen molar-refractivity contribution in [3.05, 3.63) is 77.9 Å². The van der Waals surface area contributed by atoms with Gasteiger partial charge >= 0.3 is 0 Å². The van der Waals surface area contributed by atoms with E-state index >= 15 is 0 Å². The van der Waals surface area contributed by atoms with Crippen molar-refractivity contribution in [2.75, 3.05) is 29.9 Å². The number of ether oxygens (including phenoxy) is 2. The summed E-state index contributed by atoms with van der Waals surface area (Å²) in [5.41, 5.74) is 3.06. The molecule has 3 aromatic carbocycles. The van der Waals surface area contributed by atoms with Crippen LogP contribution < -0.4 is 19.1 Å². The highest BCUT2D eigenvalue weighted by molar-refractivity contribution is 7.92. The van der Waals surface area contributed by atoms with Crippen LogP contribution in [-0.4, -0.2) is 34.6 Å². The lowest BCUT2D eigenvalue weighted by molar-refractivity contribution is -0.118. The summed E-state index contributed by atoms with van der Waals surface area (Å²) in [5, 5.41) is 2.78. The van der Waals surface area contributed by atoms with Crippen molar-refractivity contribution in [1.82, 2.24) is 0 Å². The number of sulfonamides is 1. The van der Waals surface area contributed by atoms with Gasteiger partial charge in [0.15, 0.2) is 6.61 Å². The van der Waals surface area contributed by atoms with Crippen molar-refractivity contribution < 1.29 is 22.7 Å². The van der Waals surface area contributed by atoms with Crippen LogP contribution in [0.3, 0.4) is 0 Å². The molecule has 0 saturated heterocycles. The van der Waals surface area contributed by atoms with Crippen molar-refractivity contribution in [1.29, 1.82) is 0 Å². The molecule has 1 amide bonds. The standard InChI is InChI=1S/C25H28N2O5S/c1-5-27(33(29,30)22-13-6-18(2)7-14-22)20-9-11-21(12-10-20)32-17-25(28)26-23-16-19(3)8-15-24(23)31-4/h6-16H,5,17H2,1-4H3,(H,26,28). The second kappa shape index (κ2) is 10.4. The number of carbonyl (C=O) groups excluding carboxylic acids is 1. The zero-order chi connectivity index (χ0) is 24.0. The summed E-state index contributed by atoms with van der Waals surface area (Å²) in [6, 6.07) is 18.9. The molecule has 0 spiro atoms. The number of aryl methyl sites for hydroxylation is 2. The minimum atomic E-state index is -3.69. The van der Waals surface area contributed by atoms with Crippen molar-refractivity contribution in [2.24, 2.45) is 0 Å². The molecule has 8 heteroatoms. The number of carbonyl (C=O) groups is 1. The van der Waals surface area contributed by atoms with Crippen molar-refractivity contribution >= 4 is 27.3 Å². The molecule has 0 aliphatic carbocycles. The molecule has 0 atom stereocenters. The number of hydrogen-bond donors (Lipinski definition) is 1. The summed E-state index contributed by atoms with van der Waals surface area (Å²) >= 11 is 0. The first kappa shape index (κ1) is 24.1. The number of nitrogens with zero attached hydrogens (tertiary/aromatic N) is 1. The number of benzene rings is 3. The van der Waals surface area contributed by atoms with E-state index in [1.165, 1.54) is 11.4 Å². The maximum atomic E-state index is 13.1. The quantitative estimate of drug-likeness (QED) is 0.498. The Kier molecular flexibility index (Phi) is 7.60. The summed E-state index contributed by atoms with van der Waals surface area (Å²) in [4.78, 5) is 12.6. The fraction of sp³-hybridized carbons (Fsp3) is 0.240. The molecule has 3 rings (SSSR count). The Bertz CT molecular complexity index is 1210. The maximum absolute atomic E-state index is 13.1. The van der Waals surface area contributed by atoms with Crippen LogP contribution in [0.2, 0.25) is 0 Å². The van der Waals surface area contributed by atoms with Gasteiger partial charge in [0, 0.05) is 6.54 Å². The summed E-state index contributed by atoms with van der Waals surface area (Å²) < 4.78 is 38.3. The third-order valence-corrected chi connectivity index (χ3v) is 6.94. The highest BCUT2D eigenvalue weighted by Crippen LogP contribution is 2.27. The number of methoxy groups -OCH3 is 1. The van der Waals surface area contributed by atoms with Crippen molar-refractivity contribution in [3.63, 3.8) is 0 Å². The lowest BCUT2D eigenvalue weighted by Gasteiger charge is -2.23. The van der Waals surface area contributed by atoms with E-state index in [0.29, 0.717) is 22.9 Å².